The van der Waals surface area contributed by atoms with E-state index in [2.05, 4.69) is 15.5 Å². The highest BCUT2D eigenvalue weighted by molar-refractivity contribution is 6.16. The third kappa shape index (κ3) is 2.68. The van der Waals surface area contributed by atoms with Crippen molar-refractivity contribution < 1.29 is 9.15 Å². The maximum atomic E-state index is 5.58. The van der Waals surface area contributed by atoms with Crippen LogP contribution in [0.3, 0.4) is 0 Å². The number of hydrogen-bond acceptors (Lipinski definition) is 5. The summed E-state index contributed by atoms with van der Waals surface area (Å²) >= 11 is 5.58. The number of anilines is 2. The van der Waals surface area contributed by atoms with E-state index in [0.717, 1.165) is 11.3 Å². The highest BCUT2D eigenvalue weighted by atomic mass is 35.5. The Morgan fingerprint density at radius 2 is 2.24 bits per heavy atom. The second-order valence-corrected chi connectivity index (χ2v) is 3.73. The molecule has 17 heavy (non-hydrogen) atoms. The Labute approximate surface area is 104 Å². The van der Waals surface area contributed by atoms with Crippen LogP contribution in [0.5, 0.6) is 5.75 Å². The normalized spacial score (nSPS) is 10.3. The Kier molecular flexibility index (Phi) is 3.49. The van der Waals surface area contributed by atoms with E-state index in [4.69, 9.17) is 20.8 Å². The summed E-state index contributed by atoms with van der Waals surface area (Å²) in [6.07, 6.45) is 0. The van der Waals surface area contributed by atoms with E-state index in [1.807, 2.05) is 25.1 Å². The molecule has 0 atom stereocenters. The summed E-state index contributed by atoms with van der Waals surface area (Å²) in [6, 6.07) is 6.06. The average Bonchev–Trinajstić information content (AvgIpc) is 2.77. The second-order valence-electron chi connectivity index (χ2n) is 3.46. The first kappa shape index (κ1) is 11.7. The van der Waals surface area contributed by atoms with E-state index in [0.29, 0.717) is 17.7 Å². The largest absolute Gasteiger partial charge is 0.495 e. The van der Waals surface area contributed by atoms with Crippen LogP contribution in [-0.2, 0) is 5.88 Å². The van der Waals surface area contributed by atoms with Gasteiger partial charge in [0.1, 0.15) is 11.6 Å². The van der Waals surface area contributed by atoms with Gasteiger partial charge in [0.2, 0.25) is 5.89 Å². The first-order valence-electron chi connectivity index (χ1n) is 5.03. The highest BCUT2D eigenvalue weighted by Crippen LogP contribution is 2.28. The fourth-order valence-corrected chi connectivity index (χ4v) is 1.50. The predicted molar refractivity (Wildman–Crippen MR) is 64.9 cm³/mol. The van der Waals surface area contributed by atoms with Crippen LogP contribution >= 0.6 is 11.6 Å². The first-order valence-corrected chi connectivity index (χ1v) is 5.56. The Hall–Kier alpha value is -1.75. The molecule has 0 spiro atoms. The Balaban J connectivity index is 2.25. The summed E-state index contributed by atoms with van der Waals surface area (Å²) < 4.78 is 10.5. The number of benzene rings is 1. The molecule has 1 aromatic carbocycles. The topological polar surface area (TPSA) is 60.2 Å². The van der Waals surface area contributed by atoms with Gasteiger partial charge in [-0.05, 0) is 24.6 Å². The van der Waals surface area contributed by atoms with Crippen LogP contribution in [-0.4, -0.2) is 17.3 Å². The van der Waals surface area contributed by atoms with Crippen molar-refractivity contribution in [1.29, 1.82) is 0 Å². The molecular weight excluding hydrogens is 242 g/mol. The van der Waals surface area contributed by atoms with Gasteiger partial charge in [0, 0.05) is 0 Å². The van der Waals surface area contributed by atoms with Gasteiger partial charge in [-0.3, -0.25) is 0 Å². The fraction of sp³-hybridized carbons (Fsp3) is 0.273. The van der Waals surface area contributed by atoms with Crippen molar-refractivity contribution >= 4 is 23.3 Å². The molecule has 90 valence electrons. The third-order valence-electron chi connectivity index (χ3n) is 2.18. The van der Waals surface area contributed by atoms with Crippen molar-refractivity contribution in [3.63, 3.8) is 0 Å². The zero-order chi connectivity index (χ0) is 12.3. The quantitative estimate of drug-likeness (QED) is 0.849. The average molecular weight is 254 g/mol. The minimum Gasteiger partial charge on any atom is -0.495 e. The maximum absolute atomic E-state index is 5.58. The van der Waals surface area contributed by atoms with Gasteiger partial charge in [-0.25, -0.2) is 0 Å². The van der Waals surface area contributed by atoms with E-state index in [1.54, 1.807) is 7.11 Å². The number of hydrogen-bond donors (Lipinski definition) is 1. The zero-order valence-electron chi connectivity index (χ0n) is 9.53. The minimum atomic E-state index is 0.194. The van der Waals surface area contributed by atoms with Crippen molar-refractivity contribution in [3.05, 3.63) is 29.7 Å². The summed E-state index contributed by atoms with van der Waals surface area (Å²) in [4.78, 5) is 0. The molecule has 0 aliphatic rings. The minimum absolute atomic E-state index is 0.194. The molecule has 0 amide bonds. The Morgan fingerprint density at radius 1 is 1.41 bits per heavy atom. The fourth-order valence-electron chi connectivity index (χ4n) is 1.39. The highest BCUT2D eigenvalue weighted by Gasteiger charge is 2.08. The van der Waals surface area contributed by atoms with Crippen LogP contribution in [0.15, 0.2) is 22.6 Å². The molecule has 1 aromatic heterocycles. The lowest BCUT2D eigenvalue weighted by Gasteiger charge is -2.08. The van der Waals surface area contributed by atoms with E-state index < -0.39 is 0 Å². The molecule has 0 saturated carbocycles. The number of rotatable bonds is 4. The summed E-state index contributed by atoms with van der Waals surface area (Å²) in [7, 11) is 1.61. The zero-order valence-corrected chi connectivity index (χ0v) is 10.3. The van der Waals surface area contributed by atoms with Gasteiger partial charge < -0.3 is 14.5 Å². The van der Waals surface area contributed by atoms with Crippen molar-refractivity contribution in [3.8, 4) is 5.75 Å². The van der Waals surface area contributed by atoms with Crippen LogP contribution < -0.4 is 10.1 Å². The number of ether oxygens (including phenoxy) is 1. The molecule has 0 aliphatic heterocycles. The van der Waals surface area contributed by atoms with Gasteiger partial charge in [-0.1, -0.05) is 11.2 Å². The van der Waals surface area contributed by atoms with Gasteiger partial charge in [0.25, 0.3) is 0 Å². The van der Waals surface area contributed by atoms with E-state index >= 15 is 0 Å². The lowest BCUT2D eigenvalue weighted by molar-refractivity contribution is 0.416. The molecular formula is C11H12ClN3O2. The van der Waals surface area contributed by atoms with Gasteiger partial charge in [0.15, 0.2) is 0 Å². The molecule has 5 nitrogen and oxygen atoms in total. The van der Waals surface area contributed by atoms with Crippen molar-refractivity contribution in [1.82, 2.24) is 10.2 Å². The number of nitrogens with zero attached hydrogens (tertiary/aromatic N) is 2. The summed E-state index contributed by atoms with van der Waals surface area (Å²) in [5.74, 6) is 1.28. The molecule has 0 aliphatic carbocycles. The lowest BCUT2D eigenvalue weighted by Crippen LogP contribution is -1.95. The molecule has 1 N–H and O–H groups in total. The summed E-state index contributed by atoms with van der Waals surface area (Å²) in [5, 5.41) is 10.6. The third-order valence-corrected chi connectivity index (χ3v) is 2.41. The second kappa shape index (κ2) is 5.05. The number of halogens is 1. The van der Waals surface area contributed by atoms with Crippen LogP contribution in [0, 0.1) is 6.92 Å². The number of aromatic nitrogens is 2. The van der Waals surface area contributed by atoms with E-state index in [-0.39, 0.29) is 5.88 Å². The van der Waals surface area contributed by atoms with Gasteiger partial charge in [-0.2, -0.15) is 0 Å². The standard InChI is InChI=1S/C11H12ClN3O2/c1-7-3-4-9(16-2)8(5-7)13-11-15-14-10(6-12)17-11/h3-5H,6H2,1-2H3,(H,13,15). The van der Waals surface area contributed by atoms with Gasteiger partial charge >= 0.3 is 6.01 Å². The maximum Gasteiger partial charge on any atom is 0.320 e. The number of nitrogens with one attached hydrogen (secondary N) is 1. The Morgan fingerprint density at radius 3 is 2.88 bits per heavy atom. The van der Waals surface area contributed by atoms with Crippen LogP contribution in [0.2, 0.25) is 0 Å². The molecule has 2 rings (SSSR count). The summed E-state index contributed by atoms with van der Waals surface area (Å²) in [5.41, 5.74) is 1.88. The molecule has 0 radical (unpaired) electrons. The Bertz CT molecular complexity index is 513. The van der Waals surface area contributed by atoms with Crippen LogP contribution in [0.25, 0.3) is 0 Å². The van der Waals surface area contributed by atoms with E-state index in [1.165, 1.54) is 0 Å². The van der Waals surface area contributed by atoms with Gasteiger partial charge in [0.05, 0.1) is 12.8 Å². The van der Waals surface area contributed by atoms with Crippen molar-refractivity contribution in [2.75, 3.05) is 12.4 Å². The molecule has 0 saturated heterocycles. The monoisotopic (exact) mass is 253 g/mol. The number of aryl methyl sites for hydroxylation is 1. The summed E-state index contributed by atoms with van der Waals surface area (Å²) in [6.45, 7) is 1.99. The molecule has 0 unspecified atom stereocenters. The lowest BCUT2D eigenvalue weighted by atomic mass is 10.2. The molecule has 1 heterocycles. The molecule has 6 heteroatoms. The first-order chi connectivity index (χ1) is 8.22. The van der Waals surface area contributed by atoms with E-state index in [9.17, 15) is 0 Å². The van der Waals surface area contributed by atoms with Crippen molar-refractivity contribution in [2.45, 2.75) is 12.8 Å². The molecule has 2 aromatic rings. The molecule has 0 fully saturated rings. The van der Waals surface area contributed by atoms with Gasteiger partial charge in [-0.15, -0.1) is 16.7 Å². The van der Waals surface area contributed by atoms with Crippen molar-refractivity contribution in [2.24, 2.45) is 0 Å². The van der Waals surface area contributed by atoms with Crippen LogP contribution in [0.4, 0.5) is 11.7 Å². The SMILES string of the molecule is COc1ccc(C)cc1Nc1nnc(CCl)o1. The number of alkyl halides is 1. The predicted octanol–water partition coefficient (Wildman–Crippen LogP) is 2.87. The van der Waals surface area contributed by atoms with Crippen LogP contribution in [0.1, 0.15) is 11.5 Å². The smallest absolute Gasteiger partial charge is 0.320 e. The number of methoxy groups -OCH3 is 1. The molecule has 0 bridgehead atoms.